The van der Waals surface area contributed by atoms with Gasteiger partial charge in [-0.05, 0) is 17.2 Å². The largest absolute Gasteiger partial charge is 0.260 e. The van der Waals surface area contributed by atoms with Crippen molar-refractivity contribution >= 4 is 6.08 Å². The predicted octanol–water partition coefficient (Wildman–Crippen LogP) is 2.76. The van der Waals surface area contributed by atoms with Crippen LogP contribution in [0.5, 0.6) is 0 Å². The zero-order valence-corrected chi connectivity index (χ0v) is 7.40. The molecule has 0 unspecified atom stereocenters. The molecule has 0 fully saturated rings. The van der Waals surface area contributed by atoms with Crippen molar-refractivity contribution in [2.75, 3.05) is 0 Å². The molecule has 2 rings (SSSR count). The van der Waals surface area contributed by atoms with E-state index in [2.05, 4.69) is 29.8 Å². The van der Waals surface area contributed by atoms with Crippen molar-refractivity contribution in [2.45, 2.75) is 6.42 Å². The maximum Gasteiger partial charge on any atom is 0.0519 e. The normalized spacial score (nSPS) is 17.1. The van der Waals surface area contributed by atoms with E-state index in [4.69, 9.17) is 0 Å². The first-order valence-corrected chi connectivity index (χ1v) is 4.34. The van der Waals surface area contributed by atoms with Crippen LogP contribution in [0, 0.1) is 0 Å². The van der Waals surface area contributed by atoms with Crippen molar-refractivity contribution in [3.8, 4) is 0 Å². The number of aromatic nitrogens is 1. The van der Waals surface area contributed by atoms with Gasteiger partial charge in [-0.25, -0.2) is 0 Å². The van der Waals surface area contributed by atoms with Gasteiger partial charge in [-0.3, -0.25) is 4.98 Å². The Morgan fingerprint density at radius 2 is 2.31 bits per heavy atom. The van der Waals surface area contributed by atoms with E-state index in [9.17, 15) is 0 Å². The van der Waals surface area contributed by atoms with E-state index in [0.717, 1.165) is 12.1 Å². The molecule has 1 heteroatoms. The van der Waals surface area contributed by atoms with Crippen molar-refractivity contribution in [1.29, 1.82) is 0 Å². The van der Waals surface area contributed by atoms with Crippen LogP contribution in [0.2, 0.25) is 0 Å². The topological polar surface area (TPSA) is 12.9 Å². The van der Waals surface area contributed by atoms with Gasteiger partial charge in [0.1, 0.15) is 0 Å². The van der Waals surface area contributed by atoms with Crippen molar-refractivity contribution in [3.63, 3.8) is 0 Å². The maximum absolute atomic E-state index is 4.33. The van der Waals surface area contributed by atoms with Crippen LogP contribution >= 0.6 is 0 Å². The van der Waals surface area contributed by atoms with E-state index in [1.54, 1.807) is 0 Å². The minimum Gasteiger partial charge on any atom is -0.260 e. The van der Waals surface area contributed by atoms with Crippen LogP contribution in [0.1, 0.15) is 11.3 Å². The molecule has 1 aromatic rings. The minimum absolute atomic E-state index is 0.915. The number of allylic oxidation sites excluding steroid dienone is 4. The fourth-order valence-corrected chi connectivity index (χ4v) is 1.46. The van der Waals surface area contributed by atoms with Gasteiger partial charge in [0.2, 0.25) is 0 Å². The van der Waals surface area contributed by atoms with Gasteiger partial charge >= 0.3 is 0 Å². The van der Waals surface area contributed by atoms with Crippen LogP contribution in [0.25, 0.3) is 6.08 Å². The molecule has 1 aliphatic carbocycles. The summed E-state index contributed by atoms with van der Waals surface area (Å²) in [6.07, 6.45) is 10.8. The summed E-state index contributed by atoms with van der Waals surface area (Å²) in [6, 6.07) is 4.05. The van der Waals surface area contributed by atoms with E-state index in [0.29, 0.717) is 0 Å². The molecule has 0 spiro atoms. The Morgan fingerprint density at radius 3 is 3.15 bits per heavy atom. The molecule has 0 saturated heterocycles. The van der Waals surface area contributed by atoms with Crippen LogP contribution in [0.3, 0.4) is 0 Å². The first kappa shape index (κ1) is 7.99. The van der Waals surface area contributed by atoms with Gasteiger partial charge in [0.15, 0.2) is 0 Å². The third-order valence-corrected chi connectivity index (χ3v) is 2.11. The number of hydrogen-bond donors (Lipinski definition) is 0. The van der Waals surface area contributed by atoms with E-state index in [1.807, 2.05) is 24.4 Å². The van der Waals surface area contributed by atoms with Crippen LogP contribution in [0.15, 0.2) is 48.7 Å². The second-order valence-electron chi connectivity index (χ2n) is 3.03. The number of pyridine rings is 1. The highest BCUT2D eigenvalue weighted by Crippen LogP contribution is 2.19. The molecule has 0 radical (unpaired) electrons. The summed E-state index contributed by atoms with van der Waals surface area (Å²) in [7, 11) is 0. The summed E-state index contributed by atoms with van der Waals surface area (Å²) < 4.78 is 0. The highest BCUT2D eigenvalue weighted by atomic mass is 14.7. The molecule has 0 bridgehead atoms. The Bertz CT molecular complexity index is 386. The Kier molecular flexibility index (Phi) is 2.09. The van der Waals surface area contributed by atoms with Crippen molar-refractivity contribution in [1.82, 2.24) is 4.98 Å². The lowest BCUT2D eigenvalue weighted by atomic mass is 9.98. The molecule has 0 aliphatic heterocycles. The summed E-state index contributed by atoms with van der Waals surface area (Å²) in [5, 5.41) is 0. The third-order valence-electron chi connectivity index (χ3n) is 2.11. The highest BCUT2D eigenvalue weighted by molar-refractivity contribution is 5.60. The van der Waals surface area contributed by atoms with Gasteiger partial charge in [0.05, 0.1) is 5.69 Å². The lowest BCUT2D eigenvalue weighted by Gasteiger charge is -2.10. The lowest BCUT2D eigenvalue weighted by molar-refractivity contribution is 1.05. The summed E-state index contributed by atoms with van der Waals surface area (Å²) in [5.41, 5.74) is 3.64. The van der Waals surface area contributed by atoms with E-state index < -0.39 is 0 Å². The van der Waals surface area contributed by atoms with Crippen molar-refractivity contribution in [3.05, 3.63) is 60.0 Å². The monoisotopic (exact) mass is 169 g/mol. The summed E-state index contributed by atoms with van der Waals surface area (Å²) in [4.78, 5) is 4.33. The van der Waals surface area contributed by atoms with Crippen LogP contribution in [-0.4, -0.2) is 4.98 Å². The summed E-state index contributed by atoms with van der Waals surface area (Å²) >= 11 is 0. The molecule has 1 aliphatic rings. The van der Waals surface area contributed by atoms with Crippen molar-refractivity contribution < 1.29 is 0 Å². The summed E-state index contributed by atoms with van der Waals surface area (Å²) in [6.45, 7) is 3.68. The fraction of sp³-hybridized carbons (Fsp3) is 0.0833. The molecule has 0 N–H and O–H groups in total. The number of hydrogen-bond acceptors (Lipinski definition) is 1. The standard InChI is InChI=1S/C12H11N/c1-2-4-10-6-7-11-5-3-8-13-12(11)9-10/h2-8H,1,9H2/b10-4-. The third kappa shape index (κ3) is 1.59. The highest BCUT2D eigenvalue weighted by Gasteiger charge is 2.06. The van der Waals surface area contributed by atoms with Gasteiger partial charge in [-0.1, -0.05) is 36.9 Å². The minimum atomic E-state index is 0.915. The number of fused-ring (bicyclic) bond motifs is 1. The first-order chi connectivity index (χ1) is 6.40. The zero-order chi connectivity index (χ0) is 9.10. The molecule has 0 aromatic carbocycles. The Morgan fingerprint density at radius 1 is 1.38 bits per heavy atom. The Hall–Kier alpha value is -1.63. The Labute approximate surface area is 78.1 Å². The SMILES string of the molecule is C=C/C=C1/C=Cc2cccnc2C1. The molecule has 1 heterocycles. The lowest BCUT2D eigenvalue weighted by Crippen LogP contribution is -1.99. The van der Waals surface area contributed by atoms with E-state index in [-0.39, 0.29) is 0 Å². The Balaban J connectivity index is 2.39. The molecular formula is C12H11N. The van der Waals surface area contributed by atoms with E-state index in [1.165, 1.54) is 11.1 Å². The van der Waals surface area contributed by atoms with Gasteiger partial charge in [0, 0.05) is 12.6 Å². The molecule has 1 aromatic heterocycles. The molecule has 0 amide bonds. The van der Waals surface area contributed by atoms with Gasteiger partial charge in [-0.2, -0.15) is 0 Å². The first-order valence-electron chi connectivity index (χ1n) is 4.34. The fourth-order valence-electron chi connectivity index (χ4n) is 1.46. The number of rotatable bonds is 1. The molecular weight excluding hydrogens is 158 g/mol. The van der Waals surface area contributed by atoms with E-state index >= 15 is 0 Å². The smallest absolute Gasteiger partial charge is 0.0519 e. The van der Waals surface area contributed by atoms with Crippen molar-refractivity contribution in [2.24, 2.45) is 0 Å². The van der Waals surface area contributed by atoms with Crippen LogP contribution < -0.4 is 0 Å². The quantitative estimate of drug-likeness (QED) is 0.630. The molecule has 64 valence electrons. The second kappa shape index (κ2) is 3.40. The zero-order valence-electron chi connectivity index (χ0n) is 7.40. The predicted molar refractivity (Wildman–Crippen MR) is 55.3 cm³/mol. The van der Waals surface area contributed by atoms with Gasteiger partial charge in [0.25, 0.3) is 0 Å². The van der Waals surface area contributed by atoms with Gasteiger partial charge < -0.3 is 0 Å². The summed E-state index contributed by atoms with van der Waals surface area (Å²) in [5.74, 6) is 0. The van der Waals surface area contributed by atoms with Gasteiger partial charge in [-0.15, -0.1) is 0 Å². The van der Waals surface area contributed by atoms with Crippen LogP contribution in [-0.2, 0) is 6.42 Å². The molecule has 0 saturated carbocycles. The van der Waals surface area contributed by atoms with Crippen LogP contribution in [0.4, 0.5) is 0 Å². The average molecular weight is 169 g/mol. The second-order valence-corrected chi connectivity index (χ2v) is 3.03. The average Bonchev–Trinajstić information content (AvgIpc) is 2.18. The molecule has 13 heavy (non-hydrogen) atoms. The number of nitrogens with zero attached hydrogens (tertiary/aromatic N) is 1. The maximum atomic E-state index is 4.33. The molecule has 1 nitrogen and oxygen atoms in total. The molecule has 0 atom stereocenters.